The Morgan fingerprint density at radius 1 is 1.17 bits per heavy atom. The quantitative estimate of drug-likeness (QED) is 0.726. The minimum atomic E-state index is -0.0262. The maximum absolute atomic E-state index is 12.8. The molecule has 1 aromatic carbocycles. The van der Waals surface area contributed by atoms with Crippen LogP contribution in [0.1, 0.15) is 41.4 Å². The second kappa shape index (κ2) is 11.6. The van der Waals surface area contributed by atoms with E-state index in [-0.39, 0.29) is 30.7 Å². The van der Waals surface area contributed by atoms with Crippen LogP contribution in [0.15, 0.2) is 36.5 Å². The average Bonchev–Trinajstić information content (AvgIpc) is 3.39. The molecule has 0 spiro atoms. The molecule has 166 valence electrons. The fourth-order valence-corrected chi connectivity index (χ4v) is 4.34. The number of rotatable bonds is 6. The Morgan fingerprint density at radius 3 is 2.63 bits per heavy atom. The largest absolute Gasteiger partial charge is 0.340 e. The summed E-state index contributed by atoms with van der Waals surface area (Å²) in [7, 11) is 1.88. The maximum Gasteiger partial charge on any atom is 0.275 e. The zero-order valence-corrected chi connectivity index (χ0v) is 19.1. The van der Waals surface area contributed by atoms with E-state index in [1.807, 2.05) is 22.8 Å². The lowest BCUT2D eigenvalue weighted by molar-refractivity contribution is 0.0767. The molecule has 3 heterocycles. The van der Waals surface area contributed by atoms with E-state index < -0.39 is 0 Å². The minimum Gasteiger partial charge on any atom is -0.340 e. The lowest BCUT2D eigenvalue weighted by Gasteiger charge is -2.22. The van der Waals surface area contributed by atoms with E-state index >= 15 is 0 Å². The highest BCUT2D eigenvalue weighted by Crippen LogP contribution is 2.21. The van der Waals surface area contributed by atoms with Crippen LogP contribution >= 0.6 is 24.8 Å². The smallest absolute Gasteiger partial charge is 0.275 e. The number of piperidine rings is 1. The third-order valence-electron chi connectivity index (χ3n) is 5.91. The molecule has 2 saturated heterocycles. The van der Waals surface area contributed by atoms with Crippen molar-refractivity contribution in [2.45, 2.75) is 31.8 Å². The number of nitrogens with one attached hydrogen (secondary N) is 1. The van der Waals surface area contributed by atoms with Gasteiger partial charge in [0.1, 0.15) is 0 Å². The van der Waals surface area contributed by atoms with Crippen molar-refractivity contribution in [2.75, 3.05) is 39.8 Å². The van der Waals surface area contributed by atoms with Gasteiger partial charge in [-0.3, -0.25) is 9.69 Å². The van der Waals surface area contributed by atoms with Gasteiger partial charge in [0.25, 0.3) is 5.91 Å². The summed E-state index contributed by atoms with van der Waals surface area (Å²) in [4.78, 5) is 17.1. The van der Waals surface area contributed by atoms with Crippen LogP contribution in [0, 0.1) is 5.92 Å². The van der Waals surface area contributed by atoms with Gasteiger partial charge in [0.05, 0.1) is 12.2 Å². The van der Waals surface area contributed by atoms with E-state index in [1.54, 1.807) is 0 Å². The van der Waals surface area contributed by atoms with Crippen molar-refractivity contribution in [3.63, 3.8) is 0 Å². The molecule has 1 unspecified atom stereocenters. The molecule has 7 nitrogen and oxygen atoms in total. The van der Waals surface area contributed by atoms with Gasteiger partial charge in [0.2, 0.25) is 0 Å². The predicted octanol–water partition coefficient (Wildman–Crippen LogP) is 2.64. The fourth-order valence-electron chi connectivity index (χ4n) is 4.34. The standard InChI is InChI=1S/C21H30N6O.2ClH/c1-25(13-18-9-12-26(15-18)14-17-5-3-2-4-6-17)21(28)20-16-27(24-23-20)19-7-10-22-11-8-19;;/h2-6,16,18-19,22H,7-15H2,1H3;2*1H. The van der Waals surface area contributed by atoms with Gasteiger partial charge in [-0.2, -0.15) is 0 Å². The van der Waals surface area contributed by atoms with Crippen LogP contribution in [-0.4, -0.2) is 70.5 Å². The number of hydrogen-bond acceptors (Lipinski definition) is 5. The Hall–Kier alpha value is -1.67. The molecular formula is C21H32Cl2N6O. The zero-order chi connectivity index (χ0) is 19.3. The summed E-state index contributed by atoms with van der Waals surface area (Å²) >= 11 is 0. The first kappa shape index (κ1) is 24.6. The number of carbonyl (C=O) groups excluding carboxylic acids is 1. The zero-order valence-electron chi connectivity index (χ0n) is 17.4. The highest BCUT2D eigenvalue weighted by Gasteiger charge is 2.26. The molecule has 1 N–H and O–H groups in total. The molecule has 0 radical (unpaired) electrons. The molecule has 2 aliphatic rings. The minimum absolute atomic E-state index is 0. The first-order chi connectivity index (χ1) is 13.7. The van der Waals surface area contributed by atoms with E-state index in [9.17, 15) is 4.79 Å². The number of aromatic nitrogens is 3. The number of nitrogens with zero attached hydrogens (tertiary/aromatic N) is 5. The van der Waals surface area contributed by atoms with Crippen molar-refractivity contribution >= 4 is 30.7 Å². The molecule has 1 aromatic heterocycles. The van der Waals surface area contributed by atoms with Gasteiger partial charge in [-0.15, -0.1) is 29.9 Å². The first-order valence-corrected chi connectivity index (χ1v) is 10.3. The molecule has 9 heteroatoms. The lowest BCUT2D eigenvalue weighted by Crippen LogP contribution is -2.33. The van der Waals surface area contributed by atoms with Gasteiger partial charge in [-0.05, 0) is 50.4 Å². The monoisotopic (exact) mass is 454 g/mol. The van der Waals surface area contributed by atoms with E-state index in [0.29, 0.717) is 17.7 Å². The topological polar surface area (TPSA) is 66.3 Å². The normalized spacial score (nSPS) is 19.7. The van der Waals surface area contributed by atoms with Gasteiger partial charge < -0.3 is 10.2 Å². The van der Waals surface area contributed by atoms with Crippen molar-refractivity contribution < 1.29 is 4.79 Å². The summed E-state index contributed by atoms with van der Waals surface area (Å²) in [5.41, 5.74) is 1.81. The van der Waals surface area contributed by atoms with E-state index in [4.69, 9.17) is 0 Å². The van der Waals surface area contributed by atoms with Crippen LogP contribution in [0.3, 0.4) is 0 Å². The van der Waals surface area contributed by atoms with Crippen LogP contribution in [0.25, 0.3) is 0 Å². The Kier molecular flexibility index (Phi) is 9.55. The highest BCUT2D eigenvalue weighted by molar-refractivity contribution is 5.91. The van der Waals surface area contributed by atoms with Crippen molar-refractivity contribution in [2.24, 2.45) is 5.92 Å². The van der Waals surface area contributed by atoms with Crippen LogP contribution in [0.4, 0.5) is 0 Å². The summed E-state index contributed by atoms with van der Waals surface area (Å²) in [5.74, 6) is 0.485. The molecule has 30 heavy (non-hydrogen) atoms. The third kappa shape index (κ3) is 6.17. The molecule has 4 rings (SSSR count). The number of amides is 1. The van der Waals surface area contributed by atoms with Crippen molar-refractivity contribution in [3.8, 4) is 0 Å². The molecule has 0 aliphatic carbocycles. The van der Waals surface area contributed by atoms with Crippen molar-refractivity contribution in [1.29, 1.82) is 0 Å². The molecule has 1 amide bonds. The van der Waals surface area contributed by atoms with Crippen molar-refractivity contribution in [3.05, 3.63) is 47.8 Å². The summed E-state index contributed by atoms with van der Waals surface area (Å²) in [5, 5.41) is 11.7. The first-order valence-electron chi connectivity index (χ1n) is 10.3. The summed E-state index contributed by atoms with van der Waals surface area (Å²) < 4.78 is 1.87. The summed E-state index contributed by atoms with van der Waals surface area (Å²) in [6.45, 7) is 5.87. The van der Waals surface area contributed by atoms with Gasteiger partial charge in [0.15, 0.2) is 5.69 Å². The SMILES string of the molecule is CN(CC1CCN(Cc2ccccc2)C1)C(=O)c1cn(C2CCNCC2)nn1.Cl.Cl. The Morgan fingerprint density at radius 2 is 1.90 bits per heavy atom. The number of carbonyl (C=O) groups is 1. The van der Waals surface area contributed by atoms with Gasteiger partial charge in [0, 0.05) is 26.7 Å². The van der Waals surface area contributed by atoms with Crippen LogP contribution in [0.5, 0.6) is 0 Å². The Labute approximate surface area is 191 Å². The molecule has 2 aromatic rings. The second-order valence-electron chi connectivity index (χ2n) is 8.13. The average molecular weight is 455 g/mol. The van der Waals surface area contributed by atoms with Crippen LogP contribution in [0.2, 0.25) is 0 Å². The molecule has 1 atom stereocenters. The Balaban J connectivity index is 0.00000160. The van der Waals surface area contributed by atoms with Gasteiger partial charge in [-0.1, -0.05) is 35.5 Å². The van der Waals surface area contributed by atoms with Gasteiger partial charge in [-0.25, -0.2) is 4.68 Å². The Bertz CT molecular complexity index is 781. The molecular weight excluding hydrogens is 423 g/mol. The summed E-state index contributed by atoms with van der Waals surface area (Å²) in [6, 6.07) is 10.9. The fraction of sp³-hybridized carbons (Fsp3) is 0.571. The molecule has 2 aliphatic heterocycles. The number of halogens is 2. The number of hydrogen-bond donors (Lipinski definition) is 1. The predicted molar refractivity (Wildman–Crippen MR) is 122 cm³/mol. The molecule has 0 bridgehead atoms. The van der Waals surface area contributed by atoms with Crippen LogP contribution in [-0.2, 0) is 6.54 Å². The van der Waals surface area contributed by atoms with E-state index in [2.05, 4.69) is 50.9 Å². The number of benzene rings is 1. The summed E-state index contributed by atoms with van der Waals surface area (Å²) in [6.07, 6.45) is 5.02. The van der Waals surface area contributed by atoms with Gasteiger partial charge >= 0.3 is 0 Å². The highest BCUT2D eigenvalue weighted by atomic mass is 35.5. The van der Waals surface area contributed by atoms with E-state index in [1.165, 1.54) is 5.56 Å². The van der Waals surface area contributed by atoms with Crippen LogP contribution < -0.4 is 5.32 Å². The molecule has 0 saturated carbocycles. The lowest BCUT2D eigenvalue weighted by atomic mass is 10.1. The third-order valence-corrected chi connectivity index (χ3v) is 5.91. The number of likely N-dealkylation sites (tertiary alicyclic amines) is 1. The maximum atomic E-state index is 12.8. The molecule has 2 fully saturated rings. The second-order valence-corrected chi connectivity index (χ2v) is 8.13. The van der Waals surface area contributed by atoms with Crippen molar-refractivity contribution in [1.82, 2.24) is 30.1 Å². The van der Waals surface area contributed by atoms with E-state index in [0.717, 1.165) is 58.5 Å².